The second-order valence-corrected chi connectivity index (χ2v) is 4.03. The molecule has 1 aromatic heterocycles. The van der Waals surface area contributed by atoms with E-state index in [0.717, 1.165) is 19.6 Å². The lowest BCUT2D eigenvalue weighted by atomic mass is 10.00. The van der Waals surface area contributed by atoms with Gasteiger partial charge in [0.1, 0.15) is 0 Å². The lowest BCUT2D eigenvalue weighted by Crippen LogP contribution is -2.32. The van der Waals surface area contributed by atoms with Gasteiger partial charge in [-0.05, 0) is 31.8 Å². The molecule has 0 radical (unpaired) electrons. The number of piperidine rings is 1. The molecular formula is C10H16N4O2. The van der Waals surface area contributed by atoms with Gasteiger partial charge < -0.3 is 10.1 Å². The number of nitrogens with one attached hydrogen (secondary N) is 1. The van der Waals surface area contributed by atoms with Crippen LogP contribution in [-0.4, -0.2) is 41.2 Å². The van der Waals surface area contributed by atoms with Crippen molar-refractivity contribution in [1.82, 2.24) is 20.3 Å². The molecule has 6 nitrogen and oxygen atoms in total. The molecule has 0 aliphatic carbocycles. The molecule has 88 valence electrons. The molecule has 1 aromatic rings. The lowest BCUT2D eigenvalue weighted by Gasteiger charge is -2.22. The second kappa shape index (κ2) is 5.07. The van der Waals surface area contributed by atoms with Crippen LogP contribution >= 0.6 is 0 Å². The largest absolute Gasteiger partial charge is 0.464 e. The number of rotatable bonds is 3. The highest BCUT2D eigenvalue weighted by Crippen LogP contribution is 2.12. The minimum absolute atomic E-state index is 0.270. The molecule has 0 amide bonds. The zero-order valence-corrected chi connectivity index (χ0v) is 9.35. The van der Waals surface area contributed by atoms with Crippen LogP contribution in [0.15, 0.2) is 6.20 Å². The highest BCUT2D eigenvalue weighted by Gasteiger charge is 2.16. The molecule has 0 aromatic carbocycles. The normalized spacial score (nSPS) is 20.7. The SMILES string of the molecule is COC(=O)c1cn(C[C@H]2CCCNC2)nn1. The van der Waals surface area contributed by atoms with Crippen LogP contribution in [0.4, 0.5) is 0 Å². The Bertz CT molecular complexity index is 357. The molecule has 1 atom stereocenters. The number of carbonyl (C=O) groups excluding carboxylic acids is 1. The van der Waals surface area contributed by atoms with Crippen molar-refractivity contribution in [3.63, 3.8) is 0 Å². The first-order valence-corrected chi connectivity index (χ1v) is 5.49. The summed E-state index contributed by atoms with van der Waals surface area (Å²) < 4.78 is 6.28. The van der Waals surface area contributed by atoms with Crippen molar-refractivity contribution in [2.45, 2.75) is 19.4 Å². The van der Waals surface area contributed by atoms with E-state index in [9.17, 15) is 4.79 Å². The Labute approximate surface area is 94.0 Å². The van der Waals surface area contributed by atoms with Crippen molar-refractivity contribution in [1.29, 1.82) is 0 Å². The van der Waals surface area contributed by atoms with Gasteiger partial charge in [-0.3, -0.25) is 4.68 Å². The number of aromatic nitrogens is 3. The number of hydrogen-bond acceptors (Lipinski definition) is 5. The number of nitrogens with zero attached hydrogens (tertiary/aromatic N) is 3. The molecule has 16 heavy (non-hydrogen) atoms. The molecule has 1 aliphatic rings. The Morgan fingerprint density at radius 2 is 2.62 bits per heavy atom. The Morgan fingerprint density at radius 3 is 3.31 bits per heavy atom. The van der Waals surface area contributed by atoms with Gasteiger partial charge in [0.05, 0.1) is 13.3 Å². The Kier molecular flexibility index (Phi) is 3.51. The van der Waals surface area contributed by atoms with E-state index in [1.807, 2.05) is 0 Å². The lowest BCUT2D eigenvalue weighted by molar-refractivity contribution is 0.0594. The number of hydrogen-bond donors (Lipinski definition) is 1. The Hall–Kier alpha value is -1.43. The molecule has 1 fully saturated rings. The third-order valence-corrected chi connectivity index (χ3v) is 2.78. The third-order valence-electron chi connectivity index (χ3n) is 2.78. The number of methoxy groups -OCH3 is 1. The van der Waals surface area contributed by atoms with Gasteiger partial charge in [-0.15, -0.1) is 5.10 Å². The molecule has 0 spiro atoms. The topological polar surface area (TPSA) is 69.0 Å². The minimum Gasteiger partial charge on any atom is -0.464 e. The van der Waals surface area contributed by atoms with Crippen molar-refractivity contribution >= 4 is 5.97 Å². The summed E-state index contributed by atoms with van der Waals surface area (Å²) >= 11 is 0. The molecule has 0 unspecified atom stereocenters. The monoisotopic (exact) mass is 224 g/mol. The van der Waals surface area contributed by atoms with E-state index in [4.69, 9.17) is 0 Å². The summed E-state index contributed by atoms with van der Waals surface area (Å²) in [5, 5.41) is 11.0. The fraction of sp³-hybridized carbons (Fsp3) is 0.700. The van der Waals surface area contributed by atoms with Crippen molar-refractivity contribution in [3.8, 4) is 0 Å². The third kappa shape index (κ3) is 2.57. The molecule has 2 rings (SSSR count). The average molecular weight is 224 g/mol. The van der Waals surface area contributed by atoms with Crippen LogP contribution in [0.3, 0.4) is 0 Å². The number of carbonyl (C=O) groups is 1. The smallest absolute Gasteiger partial charge is 0.360 e. The highest BCUT2D eigenvalue weighted by molar-refractivity contribution is 5.86. The standard InChI is InChI=1S/C10H16N4O2/c1-16-10(15)9-7-14(13-12-9)6-8-3-2-4-11-5-8/h7-8,11H,2-6H2,1H3/t8-/m0/s1. The molecule has 1 N–H and O–H groups in total. The zero-order chi connectivity index (χ0) is 11.4. The van der Waals surface area contributed by atoms with Crippen LogP contribution in [0.2, 0.25) is 0 Å². The van der Waals surface area contributed by atoms with Gasteiger partial charge in [-0.25, -0.2) is 4.79 Å². The number of ether oxygens (including phenoxy) is 1. The molecule has 0 saturated carbocycles. The number of esters is 1. The van der Waals surface area contributed by atoms with Crippen LogP contribution in [0.25, 0.3) is 0 Å². The van der Waals surface area contributed by atoms with Gasteiger partial charge in [-0.2, -0.15) is 0 Å². The van der Waals surface area contributed by atoms with Crippen molar-refractivity contribution in [2.24, 2.45) is 5.92 Å². The van der Waals surface area contributed by atoms with E-state index in [1.165, 1.54) is 20.0 Å². The van der Waals surface area contributed by atoms with E-state index < -0.39 is 5.97 Å². The van der Waals surface area contributed by atoms with Crippen molar-refractivity contribution < 1.29 is 9.53 Å². The maximum absolute atomic E-state index is 11.2. The molecule has 6 heteroatoms. The zero-order valence-electron chi connectivity index (χ0n) is 9.35. The van der Waals surface area contributed by atoms with E-state index in [2.05, 4.69) is 20.4 Å². The Morgan fingerprint density at radius 1 is 1.75 bits per heavy atom. The van der Waals surface area contributed by atoms with Gasteiger partial charge in [0.25, 0.3) is 0 Å². The average Bonchev–Trinajstić information content (AvgIpc) is 2.78. The quantitative estimate of drug-likeness (QED) is 0.735. The van der Waals surface area contributed by atoms with Gasteiger partial charge in [-0.1, -0.05) is 5.21 Å². The van der Waals surface area contributed by atoms with Gasteiger partial charge >= 0.3 is 5.97 Å². The summed E-state index contributed by atoms with van der Waals surface area (Å²) in [6.45, 7) is 2.91. The van der Waals surface area contributed by atoms with Crippen LogP contribution in [0.5, 0.6) is 0 Å². The van der Waals surface area contributed by atoms with Crippen molar-refractivity contribution in [3.05, 3.63) is 11.9 Å². The first-order valence-electron chi connectivity index (χ1n) is 5.49. The van der Waals surface area contributed by atoms with Crippen LogP contribution in [0.1, 0.15) is 23.3 Å². The maximum Gasteiger partial charge on any atom is 0.360 e. The summed E-state index contributed by atoms with van der Waals surface area (Å²) in [6.07, 6.45) is 4.03. The predicted molar refractivity (Wildman–Crippen MR) is 57.0 cm³/mol. The molecule has 1 saturated heterocycles. The fourth-order valence-electron chi connectivity index (χ4n) is 1.93. The van der Waals surface area contributed by atoms with E-state index in [0.29, 0.717) is 5.92 Å². The summed E-state index contributed by atoms with van der Waals surface area (Å²) in [7, 11) is 1.34. The first kappa shape index (κ1) is 11.1. The molecule has 2 heterocycles. The Balaban J connectivity index is 1.94. The van der Waals surface area contributed by atoms with Gasteiger partial charge in [0, 0.05) is 6.54 Å². The van der Waals surface area contributed by atoms with E-state index in [-0.39, 0.29) is 5.69 Å². The first-order chi connectivity index (χ1) is 7.79. The predicted octanol–water partition coefficient (Wildman–Crippen LogP) is 0.0643. The minimum atomic E-state index is -0.437. The summed E-state index contributed by atoms with van der Waals surface area (Å²) in [4.78, 5) is 11.2. The van der Waals surface area contributed by atoms with Crippen LogP contribution in [0, 0.1) is 5.92 Å². The summed E-state index contributed by atoms with van der Waals surface area (Å²) in [6, 6.07) is 0. The van der Waals surface area contributed by atoms with Crippen molar-refractivity contribution in [2.75, 3.05) is 20.2 Å². The van der Waals surface area contributed by atoms with Crippen LogP contribution in [-0.2, 0) is 11.3 Å². The second-order valence-electron chi connectivity index (χ2n) is 4.03. The van der Waals surface area contributed by atoms with E-state index in [1.54, 1.807) is 10.9 Å². The summed E-state index contributed by atoms with van der Waals surface area (Å²) in [5.74, 6) is 0.133. The van der Waals surface area contributed by atoms with Gasteiger partial charge in [0.15, 0.2) is 5.69 Å². The highest BCUT2D eigenvalue weighted by atomic mass is 16.5. The van der Waals surface area contributed by atoms with Crippen LogP contribution < -0.4 is 5.32 Å². The molecular weight excluding hydrogens is 208 g/mol. The van der Waals surface area contributed by atoms with E-state index >= 15 is 0 Å². The molecule has 1 aliphatic heterocycles. The molecule has 0 bridgehead atoms. The summed E-state index contributed by atoms with van der Waals surface area (Å²) in [5.41, 5.74) is 0.270. The fourth-order valence-corrected chi connectivity index (χ4v) is 1.93. The maximum atomic E-state index is 11.2. The van der Waals surface area contributed by atoms with Gasteiger partial charge in [0.2, 0.25) is 0 Å².